The number of aryl methyl sites for hydroxylation is 1. The van der Waals surface area contributed by atoms with Crippen molar-refractivity contribution in [3.05, 3.63) is 94.2 Å². The molecule has 0 aliphatic carbocycles. The highest BCUT2D eigenvalue weighted by Gasteiger charge is 2.24. The molecule has 0 unspecified atom stereocenters. The van der Waals surface area contributed by atoms with Crippen LogP contribution in [0.2, 0.25) is 10.0 Å². The monoisotopic (exact) mass is 422 g/mol. The van der Waals surface area contributed by atoms with E-state index < -0.39 is 0 Å². The van der Waals surface area contributed by atoms with Crippen LogP contribution in [-0.2, 0) is 0 Å². The molecule has 1 amide bonds. The third-order valence-corrected chi connectivity index (χ3v) is 5.17. The van der Waals surface area contributed by atoms with E-state index in [2.05, 4.69) is 10.5 Å². The Labute approximate surface area is 178 Å². The van der Waals surface area contributed by atoms with Gasteiger partial charge in [-0.1, -0.05) is 76.9 Å². The first-order valence-corrected chi connectivity index (χ1v) is 9.67. The van der Waals surface area contributed by atoms with E-state index in [0.717, 1.165) is 11.1 Å². The average Bonchev–Trinajstić information content (AvgIpc) is 3.10. The summed E-state index contributed by atoms with van der Waals surface area (Å²) in [6.45, 7) is 1.68. The Morgan fingerprint density at radius 1 is 0.862 bits per heavy atom. The van der Waals surface area contributed by atoms with E-state index >= 15 is 0 Å². The number of aromatic nitrogens is 1. The number of benzene rings is 3. The quantitative estimate of drug-likeness (QED) is 0.389. The number of halogens is 2. The van der Waals surface area contributed by atoms with Gasteiger partial charge in [0.2, 0.25) is 0 Å². The molecule has 0 aliphatic heterocycles. The van der Waals surface area contributed by atoms with Crippen molar-refractivity contribution in [1.82, 2.24) is 5.16 Å². The number of carbonyl (C=O) groups is 1. The molecule has 1 N–H and O–H groups in total. The summed E-state index contributed by atoms with van der Waals surface area (Å²) in [5.74, 6) is 0.0385. The summed E-state index contributed by atoms with van der Waals surface area (Å²) in [6.07, 6.45) is 0. The predicted molar refractivity (Wildman–Crippen MR) is 117 cm³/mol. The molecule has 4 nitrogen and oxygen atoms in total. The summed E-state index contributed by atoms with van der Waals surface area (Å²) >= 11 is 12.6. The van der Waals surface area contributed by atoms with Crippen LogP contribution in [0.15, 0.2) is 77.3 Å². The Balaban J connectivity index is 1.62. The summed E-state index contributed by atoms with van der Waals surface area (Å²) in [4.78, 5) is 13.0. The second-order valence-corrected chi connectivity index (χ2v) is 7.27. The minimum Gasteiger partial charge on any atom is -0.360 e. The number of carbonyl (C=O) groups excluding carboxylic acids is 1. The smallest absolute Gasteiger partial charge is 0.261 e. The third-order valence-electron chi connectivity index (χ3n) is 4.54. The molecule has 0 radical (unpaired) electrons. The van der Waals surface area contributed by atoms with Gasteiger partial charge >= 0.3 is 0 Å². The van der Waals surface area contributed by atoms with E-state index in [9.17, 15) is 4.79 Å². The maximum Gasteiger partial charge on any atom is 0.261 e. The molecule has 0 spiro atoms. The zero-order valence-electron chi connectivity index (χ0n) is 15.4. The van der Waals surface area contributed by atoms with Crippen molar-refractivity contribution >= 4 is 34.8 Å². The zero-order valence-corrected chi connectivity index (χ0v) is 17.0. The van der Waals surface area contributed by atoms with Crippen LogP contribution in [0, 0.1) is 6.92 Å². The van der Waals surface area contributed by atoms with E-state index in [1.165, 1.54) is 0 Å². The molecule has 29 heavy (non-hydrogen) atoms. The fourth-order valence-electron chi connectivity index (χ4n) is 3.10. The Bertz CT molecular complexity index is 1150. The molecule has 0 saturated heterocycles. The van der Waals surface area contributed by atoms with E-state index in [4.69, 9.17) is 27.7 Å². The lowest BCUT2D eigenvalue weighted by atomic mass is 10.0. The standard InChI is InChI=1S/C23H16Cl2N2O2/c1-14-20(22(27-29-14)21-18(24)8-5-9-19(21)25)23(28)26-17-12-10-16(11-13-17)15-6-3-2-4-7-15/h2-13H,1H3,(H,26,28). The fraction of sp³-hybridized carbons (Fsp3) is 0.0435. The van der Waals surface area contributed by atoms with Gasteiger partial charge in [0.15, 0.2) is 0 Å². The van der Waals surface area contributed by atoms with Gasteiger partial charge < -0.3 is 9.84 Å². The Hall–Kier alpha value is -3.08. The van der Waals surface area contributed by atoms with E-state index in [-0.39, 0.29) is 5.91 Å². The number of anilines is 1. The molecule has 4 aromatic rings. The van der Waals surface area contributed by atoms with Crippen LogP contribution >= 0.6 is 23.2 Å². The number of nitrogens with one attached hydrogen (secondary N) is 1. The summed E-state index contributed by atoms with van der Waals surface area (Å²) in [6, 6.07) is 22.7. The van der Waals surface area contributed by atoms with Crippen molar-refractivity contribution in [2.24, 2.45) is 0 Å². The van der Waals surface area contributed by atoms with Crippen molar-refractivity contribution < 1.29 is 9.32 Å². The van der Waals surface area contributed by atoms with Crippen LogP contribution in [-0.4, -0.2) is 11.1 Å². The lowest BCUT2D eigenvalue weighted by molar-refractivity contribution is 0.102. The molecule has 0 atom stereocenters. The molecule has 0 aliphatic rings. The summed E-state index contributed by atoms with van der Waals surface area (Å²) in [5, 5.41) is 7.70. The second kappa shape index (κ2) is 8.11. The lowest BCUT2D eigenvalue weighted by Gasteiger charge is -2.09. The topological polar surface area (TPSA) is 55.1 Å². The first-order chi connectivity index (χ1) is 14.0. The molecule has 4 rings (SSSR count). The molecule has 1 aromatic heterocycles. The number of hydrogen-bond donors (Lipinski definition) is 1. The van der Waals surface area contributed by atoms with Gasteiger partial charge in [0.05, 0.1) is 10.0 Å². The first kappa shape index (κ1) is 19.2. The summed E-state index contributed by atoms with van der Waals surface area (Å²) < 4.78 is 5.27. The Kier molecular flexibility index (Phi) is 5.38. The molecule has 1 heterocycles. The van der Waals surface area contributed by atoms with Crippen LogP contribution < -0.4 is 5.32 Å². The molecule has 0 bridgehead atoms. The van der Waals surface area contributed by atoms with Crippen LogP contribution in [0.25, 0.3) is 22.4 Å². The van der Waals surface area contributed by atoms with Crippen molar-refractivity contribution in [2.45, 2.75) is 6.92 Å². The molecular formula is C23H16Cl2N2O2. The van der Waals surface area contributed by atoms with Crippen LogP contribution in [0.1, 0.15) is 16.1 Å². The van der Waals surface area contributed by atoms with Gasteiger partial charge in [-0.15, -0.1) is 0 Å². The number of nitrogens with zero attached hydrogens (tertiary/aromatic N) is 1. The molecule has 0 fully saturated rings. The van der Waals surface area contributed by atoms with Crippen LogP contribution in [0.3, 0.4) is 0 Å². The maximum absolute atomic E-state index is 13.0. The molecule has 6 heteroatoms. The second-order valence-electron chi connectivity index (χ2n) is 6.46. The van der Waals surface area contributed by atoms with Gasteiger partial charge in [-0.25, -0.2) is 0 Å². The van der Waals surface area contributed by atoms with Crippen molar-refractivity contribution in [2.75, 3.05) is 5.32 Å². The lowest BCUT2D eigenvalue weighted by Crippen LogP contribution is -2.13. The zero-order chi connectivity index (χ0) is 20.4. The van der Waals surface area contributed by atoms with Gasteiger partial charge in [0.25, 0.3) is 5.91 Å². The van der Waals surface area contributed by atoms with E-state index in [1.807, 2.05) is 54.6 Å². The minimum absolute atomic E-state index is 0.298. The molecular weight excluding hydrogens is 407 g/mol. The van der Waals surface area contributed by atoms with E-state index in [0.29, 0.717) is 38.3 Å². The van der Waals surface area contributed by atoms with Gasteiger partial charge in [0, 0.05) is 11.3 Å². The SMILES string of the molecule is Cc1onc(-c2c(Cl)cccc2Cl)c1C(=O)Nc1ccc(-c2ccccc2)cc1. The number of rotatable bonds is 4. The number of hydrogen-bond acceptors (Lipinski definition) is 3. The predicted octanol–water partition coefficient (Wildman–Crippen LogP) is 6.88. The van der Waals surface area contributed by atoms with Crippen LogP contribution in [0.4, 0.5) is 5.69 Å². The highest BCUT2D eigenvalue weighted by molar-refractivity contribution is 6.39. The number of amides is 1. The highest BCUT2D eigenvalue weighted by atomic mass is 35.5. The molecule has 3 aromatic carbocycles. The highest BCUT2D eigenvalue weighted by Crippen LogP contribution is 2.37. The van der Waals surface area contributed by atoms with Crippen molar-refractivity contribution in [3.63, 3.8) is 0 Å². The molecule has 0 saturated carbocycles. The summed E-state index contributed by atoms with van der Waals surface area (Å²) in [5.41, 5.74) is 3.91. The average molecular weight is 423 g/mol. The van der Waals surface area contributed by atoms with Gasteiger partial charge in [-0.05, 0) is 42.3 Å². The van der Waals surface area contributed by atoms with E-state index in [1.54, 1.807) is 25.1 Å². The summed E-state index contributed by atoms with van der Waals surface area (Å²) in [7, 11) is 0. The van der Waals surface area contributed by atoms with Gasteiger partial charge in [0.1, 0.15) is 17.0 Å². The first-order valence-electron chi connectivity index (χ1n) is 8.92. The normalized spacial score (nSPS) is 10.7. The van der Waals surface area contributed by atoms with Gasteiger partial charge in [-0.2, -0.15) is 0 Å². The largest absolute Gasteiger partial charge is 0.360 e. The third kappa shape index (κ3) is 3.90. The fourth-order valence-corrected chi connectivity index (χ4v) is 3.68. The van der Waals surface area contributed by atoms with Gasteiger partial charge in [-0.3, -0.25) is 4.79 Å². The Morgan fingerprint density at radius 2 is 1.48 bits per heavy atom. The van der Waals surface area contributed by atoms with Crippen LogP contribution in [0.5, 0.6) is 0 Å². The molecule has 144 valence electrons. The van der Waals surface area contributed by atoms with Crippen molar-refractivity contribution in [1.29, 1.82) is 0 Å². The minimum atomic E-state index is -0.345. The maximum atomic E-state index is 13.0. The van der Waals surface area contributed by atoms with Crippen molar-refractivity contribution in [3.8, 4) is 22.4 Å². The Morgan fingerprint density at radius 3 is 2.14 bits per heavy atom.